The largest absolute Gasteiger partial charge is 0.329 e. The molecule has 0 aromatic rings. The predicted octanol–water partition coefficient (Wildman–Crippen LogP) is 3.28. The van der Waals surface area contributed by atoms with Crippen molar-refractivity contribution in [1.82, 2.24) is 0 Å². The molecule has 0 spiro atoms. The highest BCUT2D eigenvalue weighted by atomic mass is 32.2. The van der Waals surface area contributed by atoms with Gasteiger partial charge in [0.15, 0.2) is 0 Å². The molecular weight excluding hydrogens is 190 g/mol. The molecule has 1 saturated carbocycles. The third kappa shape index (κ3) is 4.22. The van der Waals surface area contributed by atoms with Crippen molar-refractivity contribution >= 4 is 11.8 Å². The van der Waals surface area contributed by atoms with Gasteiger partial charge >= 0.3 is 0 Å². The molecule has 14 heavy (non-hydrogen) atoms. The second kappa shape index (κ2) is 6.73. The highest BCUT2D eigenvalue weighted by molar-refractivity contribution is 7.99. The summed E-state index contributed by atoms with van der Waals surface area (Å²) in [4.78, 5) is 0. The van der Waals surface area contributed by atoms with Gasteiger partial charge in [0.2, 0.25) is 0 Å². The number of hydrogen-bond acceptors (Lipinski definition) is 2. The molecule has 0 radical (unpaired) electrons. The summed E-state index contributed by atoms with van der Waals surface area (Å²) >= 11 is 2.11. The highest BCUT2D eigenvalue weighted by Crippen LogP contribution is 2.32. The predicted molar refractivity (Wildman–Crippen MR) is 66.7 cm³/mol. The summed E-state index contributed by atoms with van der Waals surface area (Å²) in [5.41, 5.74) is 5.87. The van der Waals surface area contributed by atoms with E-state index in [1.807, 2.05) is 0 Å². The molecule has 0 aromatic heterocycles. The second-order valence-electron chi connectivity index (χ2n) is 4.90. The Hall–Kier alpha value is 0.310. The summed E-state index contributed by atoms with van der Waals surface area (Å²) in [6, 6.07) is 0. The van der Waals surface area contributed by atoms with E-state index in [0.29, 0.717) is 0 Å². The fraction of sp³-hybridized carbons (Fsp3) is 1.00. The minimum absolute atomic E-state index is 0.734. The maximum atomic E-state index is 5.87. The molecule has 2 heteroatoms. The van der Waals surface area contributed by atoms with Crippen molar-refractivity contribution in [2.24, 2.45) is 17.6 Å². The Balaban J connectivity index is 2.28. The van der Waals surface area contributed by atoms with Crippen LogP contribution < -0.4 is 5.73 Å². The molecule has 1 fully saturated rings. The van der Waals surface area contributed by atoms with E-state index in [-0.39, 0.29) is 0 Å². The van der Waals surface area contributed by atoms with E-state index >= 15 is 0 Å². The third-order valence-corrected chi connectivity index (χ3v) is 4.92. The zero-order valence-electron chi connectivity index (χ0n) is 9.67. The Morgan fingerprint density at radius 3 is 2.36 bits per heavy atom. The molecular formula is C12H25NS. The van der Waals surface area contributed by atoms with Crippen molar-refractivity contribution in [3.8, 4) is 0 Å². The van der Waals surface area contributed by atoms with Crippen molar-refractivity contribution in [2.45, 2.75) is 51.2 Å². The van der Waals surface area contributed by atoms with Crippen LogP contribution in [0, 0.1) is 11.8 Å². The standard InChI is InChI=1S/C12H25NS/c1-10(2)9-14-12(8-13)11-6-4-3-5-7-11/h10-12H,3-9,13H2,1-2H3. The van der Waals surface area contributed by atoms with E-state index < -0.39 is 0 Å². The molecule has 0 aliphatic heterocycles. The lowest BCUT2D eigenvalue weighted by Crippen LogP contribution is -2.28. The molecule has 84 valence electrons. The molecule has 1 aliphatic carbocycles. The highest BCUT2D eigenvalue weighted by Gasteiger charge is 2.22. The molecule has 0 amide bonds. The van der Waals surface area contributed by atoms with Crippen LogP contribution in [0.2, 0.25) is 0 Å². The zero-order valence-corrected chi connectivity index (χ0v) is 10.5. The quantitative estimate of drug-likeness (QED) is 0.761. The van der Waals surface area contributed by atoms with Gasteiger partial charge in [-0.2, -0.15) is 11.8 Å². The third-order valence-electron chi connectivity index (χ3n) is 3.05. The molecule has 1 aliphatic rings. The Morgan fingerprint density at radius 1 is 1.21 bits per heavy atom. The molecule has 0 bridgehead atoms. The van der Waals surface area contributed by atoms with Crippen molar-refractivity contribution < 1.29 is 0 Å². The first-order valence-corrected chi connectivity index (χ1v) is 7.10. The van der Waals surface area contributed by atoms with Crippen molar-refractivity contribution in [2.75, 3.05) is 12.3 Å². The van der Waals surface area contributed by atoms with Gasteiger partial charge in [0.25, 0.3) is 0 Å². The van der Waals surface area contributed by atoms with E-state index in [2.05, 4.69) is 25.6 Å². The van der Waals surface area contributed by atoms with E-state index in [9.17, 15) is 0 Å². The number of thioether (sulfide) groups is 1. The summed E-state index contributed by atoms with van der Waals surface area (Å²) in [5, 5.41) is 0.734. The molecule has 0 saturated heterocycles. The van der Waals surface area contributed by atoms with Gasteiger partial charge in [-0.3, -0.25) is 0 Å². The summed E-state index contributed by atoms with van der Waals surface area (Å²) in [6.45, 7) is 5.46. The molecule has 1 rings (SSSR count). The van der Waals surface area contributed by atoms with Crippen molar-refractivity contribution in [3.05, 3.63) is 0 Å². The van der Waals surface area contributed by atoms with Crippen LogP contribution in [-0.4, -0.2) is 17.5 Å². The summed E-state index contributed by atoms with van der Waals surface area (Å²) in [7, 11) is 0. The van der Waals surface area contributed by atoms with Crippen LogP contribution in [0.25, 0.3) is 0 Å². The van der Waals surface area contributed by atoms with E-state index in [0.717, 1.165) is 23.6 Å². The van der Waals surface area contributed by atoms with Crippen molar-refractivity contribution in [1.29, 1.82) is 0 Å². The normalized spacial score (nSPS) is 21.4. The molecule has 1 unspecified atom stereocenters. The van der Waals surface area contributed by atoms with Crippen LogP contribution in [0.1, 0.15) is 46.0 Å². The van der Waals surface area contributed by atoms with Gasteiger partial charge in [-0.05, 0) is 30.4 Å². The second-order valence-corrected chi connectivity index (χ2v) is 6.17. The smallest absolute Gasteiger partial charge is 0.0198 e. The molecule has 1 atom stereocenters. The van der Waals surface area contributed by atoms with Gasteiger partial charge in [0.05, 0.1) is 0 Å². The fourth-order valence-electron chi connectivity index (χ4n) is 2.22. The van der Waals surface area contributed by atoms with Gasteiger partial charge in [-0.15, -0.1) is 0 Å². The average molecular weight is 215 g/mol. The van der Waals surface area contributed by atoms with Crippen LogP contribution in [0.5, 0.6) is 0 Å². The lowest BCUT2D eigenvalue weighted by molar-refractivity contribution is 0.350. The Morgan fingerprint density at radius 2 is 1.86 bits per heavy atom. The van der Waals surface area contributed by atoms with Crippen LogP contribution in [0.4, 0.5) is 0 Å². The van der Waals surface area contributed by atoms with Crippen molar-refractivity contribution in [3.63, 3.8) is 0 Å². The first-order chi connectivity index (χ1) is 6.74. The van der Waals surface area contributed by atoms with Gasteiger partial charge in [-0.1, -0.05) is 33.1 Å². The minimum Gasteiger partial charge on any atom is -0.329 e. The van der Waals surface area contributed by atoms with Gasteiger partial charge in [0.1, 0.15) is 0 Å². The maximum Gasteiger partial charge on any atom is 0.0198 e. The molecule has 0 aromatic carbocycles. The van der Waals surface area contributed by atoms with E-state index in [1.54, 1.807) is 0 Å². The molecule has 2 N–H and O–H groups in total. The number of hydrogen-bond donors (Lipinski definition) is 1. The summed E-state index contributed by atoms with van der Waals surface area (Å²) in [6.07, 6.45) is 7.16. The van der Waals surface area contributed by atoms with E-state index in [1.165, 1.54) is 37.9 Å². The van der Waals surface area contributed by atoms with Crippen LogP contribution in [0.15, 0.2) is 0 Å². The topological polar surface area (TPSA) is 26.0 Å². The number of rotatable bonds is 5. The first kappa shape index (κ1) is 12.4. The SMILES string of the molecule is CC(C)CSC(CN)C1CCCCC1. The van der Waals surface area contributed by atoms with Crippen LogP contribution in [0.3, 0.4) is 0 Å². The molecule has 0 heterocycles. The van der Waals surface area contributed by atoms with Gasteiger partial charge in [-0.25, -0.2) is 0 Å². The fourth-order valence-corrected chi connectivity index (χ4v) is 3.53. The van der Waals surface area contributed by atoms with Crippen LogP contribution in [-0.2, 0) is 0 Å². The average Bonchev–Trinajstić information content (AvgIpc) is 2.20. The lowest BCUT2D eigenvalue weighted by Gasteiger charge is -2.29. The number of nitrogens with two attached hydrogens (primary N) is 1. The Bertz CT molecular complexity index is 141. The monoisotopic (exact) mass is 215 g/mol. The Labute approximate surface area is 93.2 Å². The minimum atomic E-state index is 0.734. The van der Waals surface area contributed by atoms with Gasteiger partial charge < -0.3 is 5.73 Å². The summed E-state index contributed by atoms with van der Waals surface area (Å²) < 4.78 is 0. The molecule has 1 nitrogen and oxygen atoms in total. The van der Waals surface area contributed by atoms with E-state index in [4.69, 9.17) is 5.73 Å². The summed E-state index contributed by atoms with van der Waals surface area (Å²) in [5.74, 6) is 2.99. The zero-order chi connectivity index (χ0) is 10.4. The van der Waals surface area contributed by atoms with Gasteiger partial charge in [0, 0.05) is 11.8 Å². The van der Waals surface area contributed by atoms with Crippen LogP contribution >= 0.6 is 11.8 Å². The lowest BCUT2D eigenvalue weighted by atomic mass is 9.87. The first-order valence-electron chi connectivity index (χ1n) is 6.05. The Kier molecular flexibility index (Phi) is 5.95. The maximum absolute atomic E-state index is 5.87.